The van der Waals surface area contributed by atoms with Crippen LogP contribution in [0.1, 0.15) is 50.4 Å². The molecule has 3 amide bonds. The lowest BCUT2D eigenvalue weighted by molar-refractivity contribution is -0.139. The van der Waals surface area contributed by atoms with Gasteiger partial charge in [0, 0.05) is 12.2 Å². The Morgan fingerprint density at radius 2 is 1.62 bits per heavy atom. The summed E-state index contributed by atoms with van der Waals surface area (Å²) in [5, 5.41) is 5.57. The van der Waals surface area contributed by atoms with Crippen molar-refractivity contribution < 1.29 is 19.1 Å². The number of benzene rings is 2. The van der Waals surface area contributed by atoms with E-state index in [0.29, 0.717) is 11.3 Å². The highest BCUT2D eigenvalue weighted by Crippen LogP contribution is 2.26. The number of nitrogens with one attached hydrogen (secondary N) is 2. The van der Waals surface area contributed by atoms with E-state index >= 15 is 0 Å². The van der Waals surface area contributed by atoms with Crippen molar-refractivity contribution in [1.82, 2.24) is 10.2 Å². The molecule has 2 aromatic rings. The molecule has 0 aliphatic rings. The molecule has 7 heteroatoms. The van der Waals surface area contributed by atoms with Crippen LogP contribution in [0.25, 0.3) is 0 Å². The summed E-state index contributed by atoms with van der Waals surface area (Å²) in [5.74, 6) is -0.792. The summed E-state index contributed by atoms with van der Waals surface area (Å²) in [6.07, 6.45) is 0.850. The molecular formula is C27H35N3O4. The number of amides is 3. The first kappa shape index (κ1) is 26.6. The average molecular weight is 466 g/mol. The van der Waals surface area contributed by atoms with E-state index in [4.69, 9.17) is 4.74 Å². The van der Waals surface area contributed by atoms with Gasteiger partial charge in [0.2, 0.25) is 5.91 Å². The summed E-state index contributed by atoms with van der Waals surface area (Å²) in [5.41, 5.74) is 2.49. The fourth-order valence-electron chi connectivity index (χ4n) is 3.57. The summed E-state index contributed by atoms with van der Waals surface area (Å²) < 4.78 is 5.28. The Morgan fingerprint density at radius 1 is 1.03 bits per heavy atom. The van der Waals surface area contributed by atoms with Crippen molar-refractivity contribution in [2.75, 3.05) is 11.9 Å². The van der Waals surface area contributed by atoms with E-state index < -0.39 is 29.7 Å². The predicted octanol–water partition coefficient (Wildman–Crippen LogP) is 4.91. The summed E-state index contributed by atoms with van der Waals surface area (Å²) in [6, 6.07) is 13.0. The van der Waals surface area contributed by atoms with Gasteiger partial charge in [-0.2, -0.15) is 0 Å². The van der Waals surface area contributed by atoms with Gasteiger partial charge in [-0.1, -0.05) is 54.6 Å². The maximum atomic E-state index is 13.6. The maximum absolute atomic E-state index is 13.6. The van der Waals surface area contributed by atoms with Gasteiger partial charge >= 0.3 is 6.09 Å². The molecule has 0 saturated carbocycles. The molecule has 2 N–H and O–H groups in total. The molecule has 0 fully saturated rings. The number of carbonyl (C=O) groups is 3. The van der Waals surface area contributed by atoms with Crippen molar-refractivity contribution in [2.45, 2.75) is 59.2 Å². The highest BCUT2D eigenvalue weighted by Gasteiger charge is 2.34. The lowest BCUT2D eigenvalue weighted by atomic mass is 10.0. The summed E-state index contributed by atoms with van der Waals surface area (Å²) in [6.45, 7) is 14.5. The molecule has 7 nitrogen and oxygen atoms in total. The summed E-state index contributed by atoms with van der Waals surface area (Å²) in [7, 11) is 0. The van der Waals surface area contributed by atoms with Crippen LogP contribution in [-0.2, 0) is 14.3 Å². The predicted molar refractivity (Wildman–Crippen MR) is 134 cm³/mol. The van der Waals surface area contributed by atoms with Crippen LogP contribution in [0.5, 0.6) is 0 Å². The second-order valence-corrected chi connectivity index (χ2v) is 9.22. The van der Waals surface area contributed by atoms with Gasteiger partial charge in [-0.15, -0.1) is 6.58 Å². The number of anilines is 1. The third kappa shape index (κ3) is 7.20. The Morgan fingerprint density at radius 3 is 2.15 bits per heavy atom. The zero-order valence-corrected chi connectivity index (χ0v) is 20.8. The van der Waals surface area contributed by atoms with Crippen LogP contribution < -0.4 is 10.6 Å². The third-order valence-electron chi connectivity index (χ3n) is 5.12. The monoisotopic (exact) mass is 465 g/mol. The van der Waals surface area contributed by atoms with Crippen molar-refractivity contribution in [3.05, 3.63) is 77.9 Å². The number of hydrogen-bond acceptors (Lipinski definition) is 4. The van der Waals surface area contributed by atoms with Gasteiger partial charge in [0.05, 0.1) is 0 Å². The average Bonchev–Trinajstić information content (AvgIpc) is 2.75. The van der Waals surface area contributed by atoms with Crippen molar-refractivity contribution >= 4 is 23.6 Å². The standard InChI is InChI=1S/C27H35N3O4/c1-8-17-30(25(32)20(4)28-26(33)34-27(5,6)7)23(21-15-10-9-11-16-21)24(31)29-22-18(2)13-12-14-19(22)3/h8-16,20,23H,1,17H2,2-7H3,(H,28,33)(H,29,31). The molecule has 2 rings (SSSR count). The Bertz CT molecular complexity index is 1010. The Labute approximate surface area is 202 Å². The van der Waals surface area contributed by atoms with Gasteiger partial charge < -0.3 is 20.3 Å². The van der Waals surface area contributed by atoms with Gasteiger partial charge in [-0.3, -0.25) is 9.59 Å². The SMILES string of the molecule is C=CCN(C(=O)C(C)NC(=O)OC(C)(C)C)C(C(=O)Nc1c(C)cccc1C)c1ccccc1. The first-order valence-electron chi connectivity index (χ1n) is 11.3. The molecule has 0 saturated heterocycles. The van der Waals surface area contributed by atoms with Crippen molar-refractivity contribution in [2.24, 2.45) is 0 Å². The van der Waals surface area contributed by atoms with Crippen LogP contribution in [0.2, 0.25) is 0 Å². The third-order valence-corrected chi connectivity index (χ3v) is 5.12. The van der Waals surface area contributed by atoms with Crippen LogP contribution >= 0.6 is 0 Å². The fourth-order valence-corrected chi connectivity index (χ4v) is 3.57. The normalized spacial score (nSPS) is 12.8. The number of para-hydroxylation sites is 1. The van der Waals surface area contributed by atoms with Crippen molar-refractivity contribution in [1.29, 1.82) is 0 Å². The topological polar surface area (TPSA) is 87.7 Å². The highest BCUT2D eigenvalue weighted by molar-refractivity contribution is 5.99. The number of aryl methyl sites for hydroxylation is 2. The number of ether oxygens (including phenoxy) is 1. The van der Waals surface area contributed by atoms with Gasteiger partial charge in [-0.25, -0.2) is 4.79 Å². The number of rotatable bonds is 8. The van der Waals surface area contributed by atoms with Crippen LogP contribution in [-0.4, -0.2) is 41.0 Å². The minimum Gasteiger partial charge on any atom is -0.444 e. The molecule has 0 aliphatic heterocycles. The molecule has 0 aromatic heterocycles. The molecule has 2 aromatic carbocycles. The van der Waals surface area contributed by atoms with Gasteiger partial charge in [0.25, 0.3) is 5.91 Å². The Kier molecular flexibility index (Phi) is 9.01. The molecule has 0 aliphatic carbocycles. The molecular weight excluding hydrogens is 430 g/mol. The molecule has 0 bridgehead atoms. The van der Waals surface area contributed by atoms with E-state index in [-0.39, 0.29) is 12.5 Å². The van der Waals surface area contributed by atoms with E-state index in [1.54, 1.807) is 45.9 Å². The van der Waals surface area contributed by atoms with Crippen LogP contribution in [0.15, 0.2) is 61.2 Å². The lowest BCUT2D eigenvalue weighted by Gasteiger charge is -2.33. The minimum atomic E-state index is -0.936. The second kappa shape index (κ2) is 11.5. The lowest BCUT2D eigenvalue weighted by Crippen LogP contribution is -2.51. The van der Waals surface area contributed by atoms with Crippen LogP contribution in [0.3, 0.4) is 0 Å². The smallest absolute Gasteiger partial charge is 0.408 e. The Balaban J connectivity index is 2.39. The fraction of sp³-hybridized carbons (Fsp3) is 0.370. The first-order valence-corrected chi connectivity index (χ1v) is 11.3. The van der Waals surface area contributed by atoms with Crippen molar-refractivity contribution in [3.8, 4) is 0 Å². The van der Waals surface area contributed by atoms with E-state index in [2.05, 4.69) is 17.2 Å². The van der Waals surface area contributed by atoms with Gasteiger partial charge in [0.15, 0.2) is 0 Å². The minimum absolute atomic E-state index is 0.110. The Hall–Kier alpha value is -3.61. The zero-order valence-electron chi connectivity index (χ0n) is 20.8. The zero-order chi connectivity index (χ0) is 25.5. The quantitative estimate of drug-likeness (QED) is 0.542. The van der Waals surface area contributed by atoms with Gasteiger partial charge in [-0.05, 0) is 58.2 Å². The number of carbonyl (C=O) groups excluding carboxylic acids is 3. The molecule has 2 atom stereocenters. The van der Waals surface area contributed by atoms with E-state index in [1.165, 1.54) is 4.90 Å². The van der Waals surface area contributed by atoms with Gasteiger partial charge in [0.1, 0.15) is 17.7 Å². The molecule has 0 spiro atoms. The first-order chi connectivity index (χ1) is 15.9. The molecule has 34 heavy (non-hydrogen) atoms. The largest absolute Gasteiger partial charge is 0.444 e. The summed E-state index contributed by atoms with van der Waals surface area (Å²) >= 11 is 0. The maximum Gasteiger partial charge on any atom is 0.408 e. The summed E-state index contributed by atoms with van der Waals surface area (Å²) in [4.78, 5) is 40.7. The second-order valence-electron chi connectivity index (χ2n) is 9.22. The molecule has 2 unspecified atom stereocenters. The molecule has 182 valence electrons. The number of nitrogens with zero attached hydrogens (tertiary/aromatic N) is 1. The van der Waals surface area contributed by atoms with Crippen LogP contribution in [0.4, 0.5) is 10.5 Å². The molecule has 0 heterocycles. The highest BCUT2D eigenvalue weighted by atomic mass is 16.6. The van der Waals surface area contributed by atoms with Crippen molar-refractivity contribution in [3.63, 3.8) is 0 Å². The number of alkyl carbamates (subject to hydrolysis) is 1. The van der Waals surface area contributed by atoms with E-state index in [0.717, 1.165) is 11.1 Å². The number of hydrogen-bond donors (Lipinski definition) is 2. The van der Waals surface area contributed by atoms with Crippen LogP contribution in [0, 0.1) is 13.8 Å². The molecule has 0 radical (unpaired) electrons. The van der Waals surface area contributed by atoms with E-state index in [9.17, 15) is 14.4 Å². The van der Waals surface area contributed by atoms with E-state index in [1.807, 2.05) is 50.2 Å².